The van der Waals surface area contributed by atoms with Crippen molar-refractivity contribution in [2.24, 2.45) is 0 Å². The van der Waals surface area contributed by atoms with Crippen LogP contribution in [0.2, 0.25) is 0 Å². The Balaban J connectivity index is 1.86. The molecule has 0 radical (unpaired) electrons. The van der Waals surface area contributed by atoms with Crippen molar-refractivity contribution in [2.45, 2.75) is 13.3 Å². The lowest BCUT2D eigenvalue weighted by molar-refractivity contribution is -0.119. The molecule has 1 N–H and O–H groups in total. The number of halogens is 2. The van der Waals surface area contributed by atoms with Crippen LogP contribution in [0.25, 0.3) is 0 Å². The van der Waals surface area contributed by atoms with Gasteiger partial charge in [-0.05, 0) is 42.8 Å². The van der Waals surface area contributed by atoms with Gasteiger partial charge in [0.15, 0.2) is 6.61 Å². The van der Waals surface area contributed by atoms with Gasteiger partial charge >= 0.3 is 5.97 Å². The first kappa shape index (κ1) is 18.4. The number of rotatable bonds is 7. The number of hydrogen-bond acceptors (Lipinski definition) is 4. The third-order valence-corrected chi connectivity index (χ3v) is 3.10. The molecule has 0 aliphatic carbocycles. The highest BCUT2D eigenvalue weighted by molar-refractivity contribution is 5.95. The van der Waals surface area contributed by atoms with E-state index in [0.717, 1.165) is 24.6 Å². The summed E-state index contributed by atoms with van der Waals surface area (Å²) in [5.74, 6) is -2.35. The lowest BCUT2D eigenvalue weighted by Crippen LogP contribution is -2.21. The predicted octanol–water partition coefficient (Wildman–Crippen LogP) is 3.55. The van der Waals surface area contributed by atoms with Crippen molar-refractivity contribution in [1.29, 1.82) is 0 Å². The molecule has 0 unspecified atom stereocenters. The smallest absolute Gasteiger partial charge is 0.338 e. The molecule has 0 atom stereocenters. The quantitative estimate of drug-likeness (QED) is 0.777. The average Bonchev–Trinajstić information content (AvgIpc) is 2.61. The first-order chi connectivity index (χ1) is 12.0. The van der Waals surface area contributed by atoms with Crippen molar-refractivity contribution >= 4 is 17.6 Å². The van der Waals surface area contributed by atoms with Gasteiger partial charge in [-0.2, -0.15) is 0 Å². The van der Waals surface area contributed by atoms with Crippen LogP contribution in [0.5, 0.6) is 5.75 Å². The number of nitrogens with one attached hydrogen (secondary N) is 1. The van der Waals surface area contributed by atoms with Crippen LogP contribution in [0.1, 0.15) is 23.7 Å². The number of hydrogen-bond donors (Lipinski definition) is 1. The van der Waals surface area contributed by atoms with E-state index in [1.54, 1.807) is 12.1 Å². The van der Waals surface area contributed by atoms with Gasteiger partial charge in [0.05, 0.1) is 17.9 Å². The van der Waals surface area contributed by atoms with E-state index in [1.165, 1.54) is 12.1 Å². The summed E-state index contributed by atoms with van der Waals surface area (Å²) in [6.07, 6.45) is 0.866. The molecule has 0 spiro atoms. The second kappa shape index (κ2) is 8.77. The Labute approximate surface area is 143 Å². The zero-order valence-corrected chi connectivity index (χ0v) is 13.6. The SMILES string of the molecule is CCCOc1ccc(C(=O)OCC(=O)Nc2cc(F)ccc2F)cc1. The number of benzene rings is 2. The highest BCUT2D eigenvalue weighted by atomic mass is 19.1. The fourth-order valence-electron chi connectivity index (χ4n) is 1.90. The minimum Gasteiger partial charge on any atom is -0.494 e. The molecule has 25 heavy (non-hydrogen) atoms. The van der Waals surface area contributed by atoms with E-state index in [-0.39, 0.29) is 11.3 Å². The van der Waals surface area contributed by atoms with E-state index >= 15 is 0 Å². The molecule has 0 saturated carbocycles. The molecule has 7 heteroatoms. The summed E-state index contributed by atoms with van der Waals surface area (Å²) in [5, 5.41) is 2.14. The molecule has 5 nitrogen and oxygen atoms in total. The monoisotopic (exact) mass is 349 g/mol. The van der Waals surface area contributed by atoms with Gasteiger partial charge in [-0.3, -0.25) is 4.79 Å². The summed E-state index contributed by atoms with van der Waals surface area (Å²) >= 11 is 0. The average molecular weight is 349 g/mol. The minimum absolute atomic E-state index is 0.244. The van der Waals surface area contributed by atoms with Crippen molar-refractivity contribution in [1.82, 2.24) is 0 Å². The van der Waals surface area contributed by atoms with Gasteiger partial charge in [-0.1, -0.05) is 6.92 Å². The Morgan fingerprint density at radius 3 is 2.48 bits per heavy atom. The van der Waals surface area contributed by atoms with Crippen LogP contribution in [0.15, 0.2) is 42.5 Å². The predicted molar refractivity (Wildman–Crippen MR) is 87.5 cm³/mol. The van der Waals surface area contributed by atoms with Gasteiger partial charge in [0.1, 0.15) is 17.4 Å². The molecule has 0 heterocycles. The summed E-state index contributed by atoms with van der Waals surface area (Å²) < 4.78 is 36.7. The van der Waals surface area contributed by atoms with E-state index in [0.29, 0.717) is 12.4 Å². The van der Waals surface area contributed by atoms with Crippen molar-refractivity contribution < 1.29 is 27.8 Å². The molecule has 2 rings (SSSR count). The van der Waals surface area contributed by atoms with Gasteiger partial charge < -0.3 is 14.8 Å². The van der Waals surface area contributed by atoms with Crippen LogP contribution in [0.3, 0.4) is 0 Å². The Kier molecular flexibility index (Phi) is 6.45. The largest absolute Gasteiger partial charge is 0.494 e. The molecule has 0 bridgehead atoms. The fraction of sp³-hybridized carbons (Fsp3) is 0.222. The summed E-state index contributed by atoms with van der Waals surface area (Å²) in [6.45, 7) is 1.93. The van der Waals surface area contributed by atoms with Crippen molar-refractivity contribution in [3.05, 3.63) is 59.7 Å². The zero-order chi connectivity index (χ0) is 18.2. The van der Waals surface area contributed by atoms with Crippen molar-refractivity contribution in [3.63, 3.8) is 0 Å². The van der Waals surface area contributed by atoms with Crippen molar-refractivity contribution in [2.75, 3.05) is 18.5 Å². The standard InChI is InChI=1S/C18H17F2NO4/c1-2-9-24-14-6-3-12(4-7-14)18(23)25-11-17(22)21-16-10-13(19)5-8-15(16)20/h3-8,10H,2,9,11H2,1H3,(H,21,22). The molecule has 132 valence electrons. The van der Waals surface area contributed by atoms with E-state index in [4.69, 9.17) is 9.47 Å². The number of esters is 1. The lowest BCUT2D eigenvalue weighted by Gasteiger charge is -2.08. The number of amides is 1. The summed E-state index contributed by atoms with van der Waals surface area (Å²) in [5.41, 5.74) is -0.0768. The molecule has 0 aliphatic rings. The Morgan fingerprint density at radius 1 is 1.08 bits per heavy atom. The van der Waals surface area contributed by atoms with Gasteiger partial charge in [0.25, 0.3) is 5.91 Å². The van der Waals surface area contributed by atoms with E-state index in [1.807, 2.05) is 6.92 Å². The summed E-state index contributed by atoms with van der Waals surface area (Å²) in [7, 11) is 0. The third kappa shape index (κ3) is 5.56. The Hall–Kier alpha value is -2.96. The lowest BCUT2D eigenvalue weighted by atomic mass is 10.2. The zero-order valence-electron chi connectivity index (χ0n) is 13.6. The van der Waals surface area contributed by atoms with Gasteiger partial charge in [0.2, 0.25) is 0 Å². The van der Waals surface area contributed by atoms with Crippen LogP contribution in [-0.2, 0) is 9.53 Å². The molecular formula is C18H17F2NO4. The molecule has 0 aromatic heterocycles. The molecule has 0 saturated heterocycles. The highest BCUT2D eigenvalue weighted by Crippen LogP contribution is 2.15. The number of ether oxygens (including phenoxy) is 2. The van der Waals surface area contributed by atoms with Crippen LogP contribution < -0.4 is 10.1 Å². The van der Waals surface area contributed by atoms with E-state index in [9.17, 15) is 18.4 Å². The third-order valence-electron chi connectivity index (χ3n) is 3.10. The van der Waals surface area contributed by atoms with Gasteiger partial charge in [-0.25, -0.2) is 13.6 Å². The second-order valence-corrected chi connectivity index (χ2v) is 5.12. The van der Waals surface area contributed by atoms with E-state index in [2.05, 4.69) is 5.32 Å². The maximum Gasteiger partial charge on any atom is 0.338 e. The first-order valence-corrected chi connectivity index (χ1v) is 7.64. The van der Waals surface area contributed by atoms with E-state index < -0.39 is 30.1 Å². The normalized spacial score (nSPS) is 10.2. The maximum absolute atomic E-state index is 13.4. The first-order valence-electron chi connectivity index (χ1n) is 7.64. The molecule has 0 fully saturated rings. The minimum atomic E-state index is -0.788. The number of carbonyl (C=O) groups is 2. The maximum atomic E-state index is 13.4. The van der Waals surface area contributed by atoms with Gasteiger partial charge in [-0.15, -0.1) is 0 Å². The molecule has 0 aliphatic heterocycles. The molecule has 2 aromatic carbocycles. The van der Waals surface area contributed by atoms with Gasteiger partial charge in [0, 0.05) is 6.07 Å². The summed E-state index contributed by atoms with van der Waals surface area (Å²) in [6, 6.07) is 8.92. The Morgan fingerprint density at radius 2 is 1.80 bits per heavy atom. The second-order valence-electron chi connectivity index (χ2n) is 5.12. The van der Waals surface area contributed by atoms with Crippen LogP contribution >= 0.6 is 0 Å². The Bertz CT molecular complexity index is 747. The van der Waals surface area contributed by atoms with Crippen molar-refractivity contribution in [3.8, 4) is 5.75 Å². The highest BCUT2D eigenvalue weighted by Gasteiger charge is 2.12. The summed E-state index contributed by atoms with van der Waals surface area (Å²) in [4.78, 5) is 23.6. The molecule has 2 aromatic rings. The molecular weight excluding hydrogens is 332 g/mol. The fourth-order valence-corrected chi connectivity index (χ4v) is 1.90. The van der Waals surface area contributed by atoms with Crippen LogP contribution in [0.4, 0.5) is 14.5 Å². The topological polar surface area (TPSA) is 64.6 Å². The van der Waals surface area contributed by atoms with Crippen LogP contribution in [0, 0.1) is 11.6 Å². The number of anilines is 1. The molecule has 1 amide bonds. The number of carbonyl (C=O) groups excluding carboxylic acids is 2. The van der Waals surface area contributed by atoms with Crippen LogP contribution in [-0.4, -0.2) is 25.1 Å².